The molecule has 0 saturated carbocycles. The van der Waals surface area contributed by atoms with E-state index in [9.17, 15) is 28.6 Å². The number of ether oxygens (including phenoxy) is 1. The number of rotatable bonds is 19. The molecule has 0 fully saturated rings. The van der Waals surface area contributed by atoms with E-state index in [1.54, 1.807) is 27.7 Å². The summed E-state index contributed by atoms with van der Waals surface area (Å²) >= 11 is 0. The Kier molecular flexibility index (Phi) is 16.1. The minimum atomic E-state index is -4.56. The molecular weight excluding hydrogens is 581 g/mol. The lowest BCUT2D eigenvalue weighted by atomic mass is 9.96. The van der Waals surface area contributed by atoms with Crippen LogP contribution in [-0.4, -0.2) is 71.2 Å². The number of unbranched alkanes of at least 4 members (excludes halogenated alkanes) is 1. The van der Waals surface area contributed by atoms with Gasteiger partial charge in [-0.1, -0.05) is 38.1 Å². The number of nitrogens with one attached hydrogen (secondary N) is 2. The van der Waals surface area contributed by atoms with E-state index >= 15 is 0 Å². The van der Waals surface area contributed by atoms with Gasteiger partial charge in [-0.2, -0.15) is 0 Å². The lowest BCUT2D eigenvalue weighted by Crippen LogP contribution is -2.49. The average Bonchev–Trinajstić information content (AvgIpc) is 2.88. The van der Waals surface area contributed by atoms with E-state index in [2.05, 4.69) is 24.5 Å². The first-order valence-corrected chi connectivity index (χ1v) is 15.9. The van der Waals surface area contributed by atoms with E-state index in [1.165, 1.54) is 0 Å². The highest BCUT2D eigenvalue weighted by Gasteiger charge is 2.28. The molecule has 0 aliphatic carbocycles. The highest BCUT2D eigenvalue weighted by Crippen LogP contribution is 2.43. The van der Waals surface area contributed by atoms with E-state index in [-0.39, 0.29) is 38.3 Å². The molecule has 0 aliphatic rings. The van der Waals surface area contributed by atoms with Crippen molar-refractivity contribution in [3.05, 3.63) is 35.4 Å². The first-order chi connectivity index (χ1) is 19.9. The van der Waals surface area contributed by atoms with Gasteiger partial charge in [0.25, 0.3) is 0 Å². The lowest BCUT2D eigenvalue weighted by Gasteiger charge is -2.24. The number of esters is 1. The molecule has 244 valence electrons. The van der Waals surface area contributed by atoms with Crippen molar-refractivity contribution in [3.8, 4) is 0 Å². The molecule has 0 spiro atoms. The van der Waals surface area contributed by atoms with Crippen molar-refractivity contribution in [1.82, 2.24) is 10.6 Å². The number of benzene rings is 1. The number of amides is 2. The quantitative estimate of drug-likeness (QED) is 0.0855. The maximum Gasteiger partial charge on any atom is 0.472 e. The Morgan fingerprint density at radius 3 is 2.21 bits per heavy atom. The van der Waals surface area contributed by atoms with Gasteiger partial charge in [-0.3, -0.25) is 28.2 Å². The number of carboxylic acids is 1. The summed E-state index contributed by atoms with van der Waals surface area (Å²) in [5.74, 6) is -2.80. The highest BCUT2D eigenvalue weighted by atomic mass is 31.2. The molecule has 0 aromatic heterocycles. The summed E-state index contributed by atoms with van der Waals surface area (Å²) in [6.45, 7) is 10.1. The summed E-state index contributed by atoms with van der Waals surface area (Å²) in [6.07, 6.45) is 0.835. The predicted octanol–water partition coefficient (Wildman–Crippen LogP) is 3.04. The third-order valence-electron chi connectivity index (χ3n) is 6.00. The van der Waals surface area contributed by atoms with Gasteiger partial charge in [0, 0.05) is 13.0 Å². The van der Waals surface area contributed by atoms with Crippen LogP contribution in [-0.2, 0) is 43.9 Å². The summed E-state index contributed by atoms with van der Waals surface area (Å²) in [4.78, 5) is 58.5. The van der Waals surface area contributed by atoms with E-state index in [4.69, 9.17) is 24.6 Å². The van der Waals surface area contributed by atoms with Gasteiger partial charge >= 0.3 is 19.8 Å². The number of carboxylic acid groups (broad SMARTS) is 1. The molecule has 0 heterocycles. The lowest BCUT2D eigenvalue weighted by molar-refractivity contribution is -0.157. The fourth-order valence-corrected chi connectivity index (χ4v) is 4.62. The Balaban J connectivity index is 2.84. The van der Waals surface area contributed by atoms with Crippen LogP contribution in [0.1, 0.15) is 84.3 Å². The van der Waals surface area contributed by atoms with Crippen molar-refractivity contribution in [3.63, 3.8) is 0 Å². The summed E-state index contributed by atoms with van der Waals surface area (Å²) in [5.41, 5.74) is 6.98. The molecule has 0 saturated heterocycles. The molecular formula is C29H48N3O10P. The van der Waals surface area contributed by atoms with E-state index in [0.717, 1.165) is 17.5 Å². The van der Waals surface area contributed by atoms with Crippen molar-refractivity contribution < 1.29 is 47.5 Å². The van der Waals surface area contributed by atoms with Crippen LogP contribution in [0, 0.1) is 5.92 Å². The average molecular weight is 630 g/mol. The van der Waals surface area contributed by atoms with Crippen LogP contribution < -0.4 is 16.4 Å². The second-order valence-corrected chi connectivity index (χ2v) is 13.3. The first-order valence-electron chi connectivity index (χ1n) is 14.4. The maximum atomic E-state index is 12.9. The summed E-state index contributed by atoms with van der Waals surface area (Å²) in [6, 6.07) is 5.48. The Morgan fingerprint density at radius 2 is 1.65 bits per heavy atom. The molecule has 1 unspecified atom stereocenters. The number of aliphatic carboxylic acids is 1. The van der Waals surface area contributed by atoms with Gasteiger partial charge in [0.2, 0.25) is 11.8 Å². The van der Waals surface area contributed by atoms with E-state index in [0.29, 0.717) is 5.92 Å². The second kappa shape index (κ2) is 18.1. The molecule has 43 heavy (non-hydrogen) atoms. The van der Waals surface area contributed by atoms with Gasteiger partial charge < -0.3 is 31.1 Å². The molecule has 1 aromatic rings. The summed E-state index contributed by atoms with van der Waals surface area (Å²) < 4.78 is 27.5. The van der Waals surface area contributed by atoms with Crippen LogP contribution in [0.5, 0.6) is 0 Å². The molecule has 13 nitrogen and oxygen atoms in total. The molecule has 2 amide bonds. The van der Waals surface area contributed by atoms with Crippen LogP contribution in [0.25, 0.3) is 0 Å². The molecule has 1 aromatic carbocycles. The topological polar surface area (TPSA) is 204 Å². The fraction of sp³-hybridized carbons (Fsp3) is 0.655. The third kappa shape index (κ3) is 17.2. The van der Waals surface area contributed by atoms with Gasteiger partial charge in [0.15, 0.2) is 0 Å². The molecule has 14 heteroatoms. The molecule has 1 rings (SSSR count). The number of phosphoric ester groups is 1. The van der Waals surface area contributed by atoms with Gasteiger partial charge in [0.05, 0.1) is 31.6 Å². The first kappa shape index (κ1) is 38.2. The van der Waals surface area contributed by atoms with Gasteiger partial charge in [-0.15, -0.1) is 0 Å². The summed E-state index contributed by atoms with van der Waals surface area (Å²) in [7, 11) is -4.56. The highest BCUT2D eigenvalue weighted by molar-refractivity contribution is 7.47. The zero-order valence-corrected chi connectivity index (χ0v) is 26.9. The number of carbonyl (C=O) groups excluding carboxylic acids is 3. The SMILES string of the molecule is CC(C)Cc1ccc([C@H](C)C(=O)NC[C@H](COP(=O)(O)OCCCCC(=O)O)NC(=O)C[C@@H](N)C(=O)OC(C)(C)C)cc1. The number of hydrogen-bond donors (Lipinski definition) is 5. The standard InChI is InChI=1S/C29H48N3O10P/c1-19(2)15-21-10-12-22(13-11-21)20(3)27(36)31-17-23(18-41-43(38,39)40-14-8-7-9-26(34)35)32-25(33)16-24(30)28(37)42-29(4,5)6/h10-13,19-20,23-24H,7-9,14-18,30H2,1-6H3,(H,31,36)(H,32,33)(H,34,35)(H,38,39)/t20-,23+,24+/m0/s1. The largest absolute Gasteiger partial charge is 0.481 e. The van der Waals surface area contributed by atoms with Crippen LogP contribution in [0.3, 0.4) is 0 Å². The van der Waals surface area contributed by atoms with Crippen molar-refractivity contribution in [2.24, 2.45) is 11.7 Å². The molecule has 0 aliphatic heterocycles. The smallest absolute Gasteiger partial charge is 0.472 e. The Bertz CT molecular complexity index is 1100. The van der Waals surface area contributed by atoms with Crippen molar-refractivity contribution in [2.45, 2.75) is 97.2 Å². The van der Waals surface area contributed by atoms with E-state index in [1.807, 2.05) is 24.3 Å². The molecule has 0 bridgehead atoms. The van der Waals surface area contributed by atoms with Crippen LogP contribution >= 0.6 is 7.82 Å². The third-order valence-corrected chi connectivity index (χ3v) is 6.98. The minimum absolute atomic E-state index is 0.111. The van der Waals surface area contributed by atoms with E-state index < -0.39 is 62.3 Å². The zero-order chi connectivity index (χ0) is 32.8. The maximum absolute atomic E-state index is 12.9. The van der Waals surface area contributed by atoms with Gasteiger partial charge in [0.1, 0.15) is 11.6 Å². The minimum Gasteiger partial charge on any atom is -0.481 e. The molecule has 6 N–H and O–H groups in total. The van der Waals surface area contributed by atoms with Crippen molar-refractivity contribution in [2.75, 3.05) is 19.8 Å². The number of hydrogen-bond acceptors (Lipinski definition) is 9. The number of phosphoric acid groups is 1. The normalized spacial score (nSPS) is 15.2. The number of nitrogens with two attached hydrogens (primary N) is 1. The van der Waals surface area contributed by atoms with Crippen LogP contribution in [0.4, 0.5) is 0 Å². The zero-order valence-electron chi connectivity index (χ0n) is 26.0. The Morgan fingerprint density at radius 1 is 1.02 bits per heavy atom. The Labute approximate surface area is 253 Å². The van der Waals surface area contributed by atoms with Crippen LogP contribution in [0.15, 0.2) is 24.3 Å². The Hall–Kier alpha value is -2.83. The van der Waals surface area contributed by atoms with Crippen molar-refractivity contribution >= 4 is 31.6 Å². The summed E-state index contributed by atoms with van der Waals surface area (Å²) in [5, 5.41) is 14.0. The predicted molar refractivity (Wildman–Crippen MR) is 160 cm³/mol. The van der Waals surface area contributed by atoms with Gasteiger partial charge in [-0.05, 0) is 64.0 Å². The van der Waals surface area contributed by atoms with Crippen molar-refractivity contribution in [1.29, 1.82) is 0 Å². The monoisotopic (exact) mass is 629 g/mol. The van der Waals surface area contributed by atoms with Crippen LogP contribution in [0.2, 0.25) is 0 Å². The molecule has 4 atom stereocenters. The molecule has 0 radical (unpaired) electrons. The fourth-order valence-electron chi connectivity index (χ4n) is 3.82. The number of carbonyl (C=O) groups is 4. The van der Waals surface area contributed by atoms with Gasteiger partial charge in [-0.25, -0.2) is 4.57 Å². The second-order valence-electron chi connectivity index (χ2n) is 11.9.